The number of hydrogen-bond acceptors (Lipinski definition) is 2. The van der Waals surface area contributed by atoms with Crippen LogP contribution in [-0.2, 0) is 6.54 Å². The molecule has 76 valence electrons. The van der Waals surface area contributed by atoms with E-state index in [1.165, 1.54) is 0 Å². The molecule has 1 rings (SSSR count). The van der Waals surface area contributed by atoms with Crippen LogP contribution in [0.1, 0.15) is 12.5 Å². The van der Waals surface area contributed by atoms with Gasteiger partial charge in [0.25, 0.3) is 0 Å². The summed E-state index contributed by atoms with van der Waals surface area (Å²) in [5, 5.41) is 5.36. The lowest BCUT2D eigenvalue weighted by Crippen LogP contribution is -2.34. The maximum atomic E-state index is 11.1. The first kappa shape index (κ1) is 10.4. The Hall–Kier alpha value is -1.71. The number of carbonyl (C=O) groups is 1. The number of nitrogens with one attached hydrogen (secondary N) is 2. The Morgan fingerprint density at radius 3 is 2.71 bits per heavy atom. The van der Waals surface area contributed by atoms with E-state index in [1.807, 2.05) is 31.2 Å². The third-order valence-corrected chi connectivity index (χ3v) is 1.83. The van der Waals surface area contributed by atoms with Gasteiger partial charge in [-0.05, 0) is 18.6 Å². The lowest BCUT2D eigenvalue weighted by molar-refractivity contribution is 0.241. The molecule has 1 aromatic carbocycles. The quantitative estimate of drug-likeness (QED) is 0.629. The fraction of sp³-hybridized carbons (Fsp3) is 0.300. The maximum absolute atomic E-state index is 11.1. The Kier molecular flexibility index (Phi) is 3.79. The minimum atomic E-state index is -0.171. The number of rotatable bonds is 3. The molecular formula is C10H15N3O. The molecule has 0 aliphatic carbocycles. The summed E-state index contributed by atoms with van der Waals surface area (Å²) in [7, 11) is 0. The normalized spacial score (nSPS) is 9.50. The van der Waals surface area contributed by atoms with Crippen molar-refractivity contribution in [3.8, 4) is 0 Å². The first-order chi connectivity index (χ1) is 6.74. The van der Waals surface area contributed by atoms with Gasteiger partial charge in [0.15, 0.2) is 0 Å². The second-order valence-electron chi connectivity index (χ2n) is 2.91. The van der Waals surface area contributed by atoms with Gasteiger partial charge in [0.05, 0.1) is 0 Å². The predicted octanol–water partition coefficient (Wildman–Crippen LogP) is 1.09. The van der Waals surface area contributed by atoms with Gasteiger partial charge in [-0.1, -0.05) is 18.2 Å². The summed E-state index contributed by atoms with van der Waals surface area (Å²) >= 11 is 0. The van der Waals surface area contributed by atoms with Crippen LogP contribution < -0.4 is 16.4 Å². The van der Waals surface area contributed by atoms with E-state index in [-0.39, 0.29) is 6.03 Å². The number of carbonyl (C=O) groups excluding carboxylic acids is 1. The molecule has 0 spiro atoms. The molecule has 4 nitrogen and oxygen atoms in total. The first-order valence-corrected chi connectivity index (χ1v) is 4.59. The number of para-hydroxylation sites is 1. The smallest absolute Gasteiger partial charge is 0.315 e. The van der Waals surface area contributed by atoms with E-state index in [0.29, 0.717) is 18.8 Å². The van der Waals surface area contributed by atoms with Crippen molar-refractivity contribution in [1.82, 2.24) is 10.6 Å². The Bertz CT molecular complexity index is 312. The zero-order valence-electron chi connectivity index (χ0n) is 8.21. The molecule has 0 atom stereocenters. The molecule has 14 heavy (non-hydrogen) atoms. The number of hydrogen-bond donors (Lipinski definition) is 3. The van der Waals surface area contributed by atoms with Gasteiger partial charge < -0.3 is 16.4 Å². The number of nitrogen functional groups attached to an aromatic ring is 1. The van der Waals surface area contributed by atoms with Gasteiger partial charge in [-0.25, -0.2) is 4.79 Å². The highest BCUT2D eigenvalue weighted by atomic mass is 16.2. The molecule has 0 aromatic heterocycles. The zero-order chi connectivity index (χ0) is 10.4. The topological polar surface area (TPSA) is 67.2 Å². The molecular weight excluding hydrogens is 178 g/mol. The van der Waals surface area contributed by atoms with Crippen molar-refractivity contribution in [3.05, 3.63) is 29.8 Å². The summed E-state index contributed by atoms with van der Waals surface area (Å²) in [4.78, 5) is 11.1. The van der Waals surface area contributed by atoms with E-state index in [9.17, 15) is 4.79 Å². The summed E-state index contributed by atoms with van der Waals surface area (Å²) in [6, 6.07) is 7.29. The van der Waals surface area contributed by atoms with Gasteiger partial charge in [0, 0.05) is 18.8 Å². The van der Waals surface area contributed by atoms with E-state index >= 15 is 0 Å². The predicted molar refractivity (Wildman–Crippen MR) is 56.8 cm³/mol. The average molecular weight is 193 g/mol. The minimum absolute atomic E-state index is 0.171. The van der Waals surface area contributed by atoms with Gasteiger partial charge in [-0.15, -0.1) is 0 Å². The number of urea groups is 1. The summed E-state index contributed by atoms with van der Waals surface area (Å²) in [5.41, 5.74) is 7.34. The summed E-state index contributed by atoms with van der Waals surface area (Å²) in [5.74, 6) is 0. The maximum Gasteiger partial charge on any atom is 0.315 e. The van der Waals surface area contributed by atoms with Crippen LogP contribution in [0.5, 0.6) is 0 Å². The highest BCUT2D eigenvalue weighted by Crippen LogP contribution is 2.09. The molecule has 0 saturated carbocycles. The highest BCUT2D eigenvalue weighted by molar-refractivity contribution is 5.73. The third-order valence-electron chi connectivity index (χ3n) is 1.83. The number of anilines is 1. The zero-order valence-corrected chi connectivity index (χ0v) is 8.21. The average Bonchev–Trinajstić information content (AvgIpc) is 2.17. The molecule has 0 fully saturated rings. The molecule has 0 radical (unpaired) electrons. The first-order valence-electron chi connectivity index (χ1n) is 4.59. The van der Waals surface area contributed by atoms with Gasteiger partial charge in [0.1, 0.15) is 0 Å². The summed E-state index contributed by atoms with van der Waals surface area (Å²) in [6.07, 6.45) is 0. The van der Waals surface area contributed by atoms with Crippen molar-refractivity contribution in [2.24, 2.45) is 0 Å². The molecule has 0 saturated heterocycles. The van der Waals surface area contributed by atoms with Crippen LogP contribution in [-0.4, -0.2) is 12.6 Å². The van der Waals surface area contributed by atoms with Crippen LogP contribution in [0, 0.1) is 0 Å². The lowest BCUT2D eigenvalue weighted by atomic mass is 10.2. The monoisotopic (exact) mass is 193 g/mol. The van der Waals surface area contributed by atoms with Crippen LogP contribution in [0.3, 0.4) is 0 Å². The van der Waals surface area contributed by atoms with Crippen molar-refractivity contribution >= 4 is 11.7 Å². The molecule has 4 N–H and O–H groups in total. The van der Waals surface area contributed by atoms with E-state index in [2.05, 4.69) is 10.6 Å². The van der Waals surface area contributed by atoms with Crippen molar-refractivity contribution in [2.45, 2.75) is 13.5 Å². The van der Waals surface area contributed by atoms with Gasteiger partial charge in [0.2, 0.25) is 0 Å². The minimum Gasteiger partial charge on any atom is -0.398 e. The Morgan fingerprint density at radius 1 is 1.36 bits per heavy atom. The van der Waals surface area contributed by atoms with Crippen LogP contribution in [0.4, 0.5) is 10.5 Å². The molecule has 4 heteroatoms. The Balaban J connectivity index is 2.46. The lowest BCUT2D eigenvalue weighted by Gasteiger charge is -2.07. The van der Waals surface area contributed by atoms with Crippen molar-refractivity contribution in [3.63, 3.8) is 0 Å². The largest absolute Gasteiger partial charge is 0.398 e. The van der Waals surface area contributed by atoms with Gasteiger partial charge in [-0.2, -0.15) is 0 Å². The van der Waals surface area contributed by atoms with Crippen molar-refractivity contribution in [2.75, 3.05) is 12.3 Å². The molecule has 0 bridgehead atoms. The second kappa shape index (κ2) is 5.11. The van der Waals surface area contributed by atoms with E-state index < -0.39 is 0 Å². The molecule has 0 aliphatic rings. The van der Waals surface area contributed by atoms with Crippen molar-refractivity contribution < 1.29 is 4.79 Å². The van der Waals surface area contributed by atoms with Crippen molar-refractivity contribution in [1.29, 1.82) is 0 Å². The molecule has 0 unspecified atom stereocenters. The third kappa shape index (κ3) is 2.97. The second-order valence-corrected chi connectivity index (χ2v) is 2.91. The Morgan fingerprint density at radius 2 is 2.07 bits per heavy atom. The van der Waals surface area contributed by atoms with E-state index in [0.717, 1.165) is 5.56 Å². The summed E-state index contributed by atoms with van der Waals surface area (Å²) in [6.45, 7) is 2.95. The number of nitrogens with two attached hydrogens (primary N) is 1. The number of amides is 2. The molecule has 0 aliphatic heterocycles. The number of benzene rings is 1. The molecule has 0 heterocycles. The van der Waals surface area contributed by atoms with Crippen LogP contribution >= 0.6 is 0 Å². The highest BCUT2D eigenvalue weighted by Gasteiger charge is 2.00. The summed E-state index contributed by atoms with van der Waals surface area (Å²) < 4.78 is 0. The SMILES string of the molecule is CCNC(=O)NCc1ccccc1N. The van der Waals surface area contributed by atoms with E-state index in [4.69, 9.17) is 5.73 Å². The fourth-order valence-corrected chi connectivity index (χ4v) is 1.09. The van der Waals surface area contributed by atoms with Crippen LogP contribution in [0.25, 0.3) is 0 Å². The standard InChI is InChI=1S/C10H15N3O/c1-2-12-10(14)13-7-8-5-3-4-6-9(8)11/h3-6H,2,7,11H2,1H3,(H2,12,13,14). The molecule has 2 amide bonds. The fourth-order valence-electron chi connectivity index (χ4n) is 1.09. The van der Waals surface area contributed by atoms with Gasteiger partial charge >= 0.3 is 6.03 Å². The van der Waals surface area contributed by atoms with Crippen LogP contribution in [0.2, 0.25) is 0 Å². The van der Waals surface area contributed by atoms with Crippen LogP contribution in [0.15, 0.2) is 24.3 Å². The Labute approximate surface area is 83.5 Å². The van der Waals surface area contributed by atoms with Gasteiger partial charge in [-0.3, -0.25) is 0 Å². The molecule has 1 aromatic rings. The van der Waals surface area contributed by atoms with E-state index in [1.54, 1.807) is 0 Å².